The fourth-order valence-corrected chi connectivity index (χ4v) is 1.31. The van der Waals surface area contributed by atoms with E-state index in [4.69, 9.17) is 0 Å². The van der Waals surface area contributed by atoms with Crippen molar-refractivity contribution in [2.45, 2.75) is 25.8 Å². The van der Waals surface area contributed by atoms with Gasteiger partial charge in [-0.2, -0.15) is 0 Å². The molecule has 0 aliphatic heterocycles. The highest BCUT2D eigenvalue weighted by molar-refractivity contribution is 5.93. The molecule has 1 heterocycles. The first-order valence-corrected chi connectivity index (χ1v) is 5.30. The van der Waals surface area contributed by atoms with E-state index in [-0.39, 0.29) is 5.91 Å². The van der Waals surface area contributed by atoms with Gasteiger partial charge < -0.3 is 10.6 Å². The Morgan fingerprint density at radius 1 is 1.53 bits per heavy atom. The number of amides is 1. The Kier molecular flexibility index (Phi) is 2.85. The Morgan fingerprint density at radius 2 is 2.33 bits per heavy atom. The zero-order valence-corrected chi connectivity index (χ0v) is 8.79. The third-order valence-corrected chi connectivity index (χ3v) is 2.29. The van der Waals surface area contributed by atoms with Gasteiger partial charge in [0.05, 0.1) is 5.56 Å². The molecule has 0 aromatic carbocycles. The smallest absolute Gasteiger partial charge is 0.252 e. The molecule has 0 saturated heterocycles. The number of carbonyl (C=O) groups excluding carboxylic acids is 1. The summed E-state index contributed by atoms with van der Waals surface area (Å²) in [6.07, 6.45) is 4.05. The van der Waals surface area contributed by atoms with Crippen LogP contribution in [-0.4, -0.2) is 23.5 Å². The Bertz CT molecular complexity index is 343. The summed E-state index contributed by atoms with van der Waals surface area (Å²) in [5.74, 6) is 0.786. The van der Waals surface area contributed by atoms with Crippen molar-refractivity contribution in [3.63, 3.8) is 0 Å². The van der Waals surface area contributed by atoms with Crippen molar-refractivity contribution in [1.82, 2.24) is 10.3 Å². The van der Waals surface area contributed by atoms with Crippen LogP contribution in [0.5, 0.6) is 0 Å². The van der Waals surface area contributed by atoms with Crippen LogP contribution in [0.25, 0.3) is 0 Å². The third-order valence-electron chi connectivity index (χ3n) is 2.29. The lowest BCUT2D eigenvalue weighted by Crippen LogP contribution is -2.22. The molecule has 1 aromatic rings. The van der Waals surface area contributed by atoms with Gasteiger partial charge in [-0.05, 0) is 31.9 Å². The van der Waals surface area contributed by atoms with Gasteiger partial charge in [-0.15, -0.1) is 0 Å². The molecule has 4 nitrogen and oxygen atoms in total. The summed E-state index contributed by atoms with van der Waals surface area (Å²) in [7, 11) is 0. The second kappa shape index (κ2) is 4.29. The fraction of sp³-hybridized carbons (Fsp3) is 0.455. The topological polar surface area (TPSA) is 54.0 Å². The molecule has 2 rings (SSSR count). The van der Waals surface area contributed by atoms with Crippen molar-refractivity contribution in [1.29, 1.82) is 0 Å². The van der Waals surface area contributed by atoms with E-state index in [1.165, 1.54) is 12.8 Å². The van der Waals surface area contributed by atoms with Crippen LogP contribution in [0.4, 0.5) is 5.82 Å². The second-order valence-corrected chi connectivity index (χ2v) is 3.71. The van der Waals surface area contributed by atoms with Crippen LogP contribution < -0.4 is 10.6 Å². The standard InChI is InChI=1S/C11H15N3O/c1-2-12-11(15)8-3-6-10(13-7-8)14-9-4-5-9/h3,6-7,9H,2,4-5H2,1H3,(H,12,15)(H,13,14). The van der Waals surface area contributed by atoms with Crippen molar-refractivity contribution in [2.75, 3.05) is 11.9 Å². The van der Waals surface area contributed by atoms with Crippen LogP contribution in [0.15, 0.2) is 18.3 Å². The fourth-order valence-electron chi connectivity index (χ4n) is 1.31. The van der Waals surface area contributed by atoms with E-state index in [1.54, 1.807) is 12.3 Å². The van der Waals surface area contributed by atoms with E-state index < -0.39 is 0 Å². The van der Waals surface area contributed by atoms with E-state index >= 15 is 0 Å². The molecule has 2 N–H and O–H groups in total. The number of rotatable bonds is 4. The Balaban J connectivity index is 1.99. The molecular weight excluding hydrogens is 190 g/mol. The zero-order valence-electron chi connectivity index (χ0n) is 8.79. The molecule has 0 bridgehead atoms. The molecule has 1 aromatic heterocycles. The maximum atomic E-state index is 11.4. The van der Waals surface area contributed by atoms with E-state index in [1.807, 2.05) is 13.0 Å². The van der Waals surface area contributed by atoms with Gasteiger partial charge >= 0.3 is 0 Å². The summed E-state index contributed by atoms with van der Waals surface area (Å²) in [5.41, 5.74) is 0.609. The Labute approximate surface area is 89.1 Å². The summed E-state index contributed by atoms with van der Waals surface area (Å²) in [5, 5.41) is 6.01. The van der Waals surface area contributed by atoms with Crippen molar-refractivity contribution in [3.05, 3.63) is 23.9 Å². The highest BCUT2D eigenvalue weighted by atomic mass is 16.1. The second-order valence-electron chi connectivity index (χ2n) is 3.71. The lowest BCUT2D eigenvalue weighted by Gasteiger charge is -2.04. The van der Waals surface area contributed by atoms with Crippen LogP contribution in [0.1, 0.15) is 30.1 Å². The molecule has 1 fully saturated rings. The highest BCUT2D eigenvalue weighted by Gasteiger charge is 2.21. The molecule has 1 aliphatic rings. The van der Waals surface area contributed by atoms with Crippen LogP contribution in [0.3, 0.4) is 0 Å². The average molecular weight is 205 g/mol. The average Bonchev–Trinajstić information content (AvgIpc) is 3.03. The lowest BCUT2D eigenvalue weighted by molar-refractivity contribution is 0.0955. The summed E-state index contributed by atoms with van der Waals surface area (Å²) in [4.78, 5) is 15.6. The van der Waals surface area contributed by atoms with Gasteiger partial charge in [0, 0.05) is 18.8 Å². The third kappa shape index (κ3) is 2.68. The molecule has 1 aliphatic carbocycles. The Hall–Kier alpha value is -1.58. The van der Waals surface area contributed by atoms with E-state index in [0.29, 0.717) is 18.2 Å². The van der Waals surface area contributed by atoms with Gasteiger partial charge in [0.2, 0.25) is 0 Å². The molecule has 0 radical (unpaired) electrons. The molecular formula is C11H15N3O. The summed E-state index contributed by atoms with van der Waals surface area (Å²) in [6, 6.07) is 4.24. The summed E-state index contributed by atoms with van der Waals surface area (Å²) in [6.45, 7) is 2.54. The first-order valence-electron chi connectivity index (χ1n) is 5.30. The van der Waals surface area contributed by atoms with Crippen molar-refractivity contribution >= 4 is 11.7 Å². The number of anilines is 1. The Morgan fingerprint density at radius 3 is 2.87 bits per heavy atom. The van der Waals surface area contributed by atoms with E-state index in [2.05, 4.69) is 15.6 Å². The number of nitrogens with one attached hydrogen (secondary N) is 2. The van der Waals surface area contributed by atoms with Gasteiger partial charge in [0.15, 0.2) is 0 Å². The van der Waals surface area contributed by atoms with Crippen molar-refractivity contribution < 1.29 is 4.79 Å². The molecule has 80 valence electrons. The number of nitrogens with zero attached hydrogens (tertiary/aromatic N) is 1. The minimum Gasteiger partial charge on any atom is -0.367 e. The van der Waals surface area contributed by atoms with Crippen molar-refractivity contribution in [3.8, 4) is 0 Å². The first-order chi connectivity index (χ1) is 7.29. The molecule has 0 atom stereocenters. The summed E-state index contributed by atoms with van der Waals surface area (Å²) < 4.78 is 0. The normalized spacial score (nSPS) is 14.7. The van der Waals surface area contributed by atoms with Crippen LogP contribution in [0, 0.1) is 0 Å². The van der Waals surface area contributed by atoms with Crippen LogP contribution in [-0.2, 0) is 0 Å². The molecule has 1 saturated carbocycles. The van der Waals surface area contributed by atoms with Gasteiger partial charge in [-0.1, -0.05) is 0 Å². The summed E-state index contributed by atoms with van der Waals surface area (Å²) >= 11 is 0. The predicted octanol–water partition coefficient (Wildman–Crippen LogP) is 1.41. The lowest BCUT2D eigenvalue weighted by atomic mass is 10.2. The minimum absolute atomic E-state index is 0.0667. The molecule has 4 heteroatoms. The first kappa shape index (κ1) is 9.96. The van der Waals surface area contributed by atoms with Gasteiger partial charge in [-0.25, -0.2) is 4.98 Å². The van der Waals surface area contributed by atoms with Gasteiger partial charge in [-0.3, -0.25) is 4.79 Å². The molecule has 15 heavy (non-hydrogen) atoms. The largest absolute Gasteiger partial charge is 0.367 e. The highest BCUT2D eigenvalue weighted by Crippen LogP contribution is 2.23. The minimum atomic E-state index is -0.0667. The van der Waals surface area contributed by atoms with Crippen molar-refractivity contribution in [2.24, 2.45) is 0 Å². The zero-order chi connectivity index (χ0) is 10.7. The number of hydrogen-bond donors (Lipinski definition) is 2. The van der Waals surface area contributed by atoms with E-state index in [0.717, 1.165) is 5.82 Å². The monoisotopic (exact) mass is 205 g/mol. The number of aromatic nitrogens is 1. The van der Waals surface area contributed by atoms with Gasteiger partial charge in [0.1, 0.15) is 5.82 Å². The molecule has 0 unspecified atom stereocenters. The number of hydrogen-bond acceptors (Lipinski definition) is 3. The maximum Gasteiger partial charge on any atom is 0.252 e. The SMILES string of the molecule is CCNC(=O)c1ccc(NC2CC2)nc1. The van der Waals surface area contributed by atoms with Crippen LogP contribution in [0.2, 0.25) is 0 Å². The number of pyridine rings is 1. The number of carbonyl (C=O) groups is 1. The van der Waals surface area contributed by atoms with Gasteiger partial charge in [0.25, 0.3) is 5.91 Å². The van der Waals surface area contributed by atoms with Crippen LogP contribution >= 0.6 is 0 Å². The van der Waals surface area contributed by atoms with E-state index in [9.17, 15) is 4.79 Å². The maximum absolute atomic E-state index is 11.4. The quantitative estimate of drug-likeness (QED) is 0.781. The molecule has 1 amide bonds. The predicted molar refractivity (Wildman–Crippen MR) is 58.9 cm³/mol. The molecule has 0 spiro atoms.